The molecular formula is C12H14N2O2S. The highest BCUT2D eigenvalue weighted by molar-refractivity contribution is 7.80. The Labute approximate surface area is 105 Å². The molecule has 0 spiro atoms. The second kappa shape index (κ2) is 5.23. The third kappa shape index (κ3) is 3.23. The van der Waals surface area contributed by atoms with Crippen LogP contribution in [0.1, 0.15) is 23.2 Å². The number of thiol groups is 1. The monoisotopic (exact) mass is 250 g/mol. The molecule has 5 heteroatoms. The number of carbonyl (C=O) groups excluding carboxylic acids is 2. The van der Waals surface area contributed by atoms with Crippen molar-refractivity contribution in [3.63, 3.8) is 0 Å². The van der Waals surface area contributed by atoms with Gasteiger partial charge in [-0.15, -0.1) is 12.6 Å². The van der Waals surface area contributed by atoms with Crippen molar-refractivity contribution < 1.29 is 9.59 Å². The standard InChI is InChI=1S/C12H14N2O2S/c15-11-6-3-9(14-11)7-13-12(16)8-1-4-10(17)5-2-8/h1-2,4-5,9,17H,3,6-7H2,(H,13,16)(H,14,15). The number of hydrogen-bond donors (Lipinski definition) is 3. The molecule has 2 amide bonds. The minimum atomic E-state index is -0.125. The highest BCUT2D eigenvalue weighted by atomic mass is 32.1. The van der Waals surface area contributed by atoms with E-state index in [1.165, 1.54) is 0 Å². The van der Waals surface area contributed by atoms with Crippen molar-refractivity contribution in [3.05, 3.63) is 29.8 Å². The van der Waals surface area contributed by atoms with E-state index in [0.29, 0.717) is 18.5 Å². The smallest absolute Gasteiger partial charge is 0.251 e. The molecule has 1 unspecified atom stereocenters. The molecule has 4 nitrogen and oxygen atoms in total. The summed E-state index contributed by atoms with van der Waals surface area (Å²) in [7, 11) is 0. The average molecular weight is 250 g/mol. The molecule has 17 heavy (non-hydrogen) atoms. The van der Waals surface area contributed by atoms with Gasteiger partial charge in [0.15, 0.2) is 0 Å². The average Bonchev–Trinajstić information content (AvgIpc) is 2.73. The number of benzene rings is 1. The second-order valence-corrected chi connectivity index (χ2v) is 4.58. The highest BCUT2D eigenvalue weighted by Crippen LogP contribution is 2.08. The van der Waals surface area contributed by atoms with Gasteiger partial charge in [-0.1, -0.05) is 0 Å². The summed E-state index contributed by atoms with van der Waals surface area (Å²) >= 11 is 4.15. The fourth-order valence-corrected chi connectivity index (χ4v) is 1.91. The third-order valence-electron chi connectivity index (χ3n) is 2.72. The van der Waals surface area contributed by atoms with Gasteiger partial charge in [0.1, 0.15) is 0 Å². The summed E-state index contributed by atoms with van der Waals surface area (Å²) in [5.41, 5.74) is 0.604. The van der Waals surface area contributed by atoms with Crippen LogP contribution in [-0.2, 0) is 4.79 Å². The van der Waals surface area contributed by atoms with E-state index in [1.807, 2.05) is 0 Å². The SMILES string of the molecule is O=C1CCC(CNC(=O)c2ccc(S)cc2)N1. The quantitative estimate of drug-likeness (QED) is 0.701. The number of hydrogen-bond acceptors (Lipinski definition) is 3. The van der Waals surface area contributed by atoms with Gasteiger partial charge in [0.2, 0.25) is 5.91 Å². The van der Waals surface area contributed by atoms with Gasteiger partial charge in [-0.2, -0.15) is 0 Å². The summed E-state index contributed by atoms with van der Waals surface area (Å²) in [6.07, 6.45) is 1.34. The Balaban J connectivity index is 1.85. The predicted octanol–water partition coefficient (Wildman–Crippen LogP) is 0.984. The second-order valence-electron chi connectivity index (χ2n) is 4.06. The molecule has 0 aliphatic carbocycles. The fourth-order valence-electron chi connectivity index (χ4n) is 1.76. The van der Waals surface area contributed by atoms with Crippen LogP contribution in [0.2, 0.25) is 0 Å². The van der Waals surface area contributed by atoms with Crippen LogP contribution in [0.15, 0.2) is 29.2 Å². The van der Waals surface area contributed by atoms with Gasteiger partial charge in [-0.05, 0) is 30.7 Å². The summed E-state index contributed by atoms with van der Waals surface area (Å²) in [6.45, 7) is 0.479. The lowest BCUT2D eigenvalue weighted by Crippen LogP contribution is -2.38. The zero-order valence-electron chi connectivity index (χ0n) is 9.27. The lowest BCUT2D eigenvalue weighted by molar-refractivity contribution is -0.119. The Morgan fingerprint density at radius 1 is 1.41 bits per heavy atom. The first kappa shape index (κ1) is 12.0. The first-order valence-electron chi connectivity index (χ1n) is 5.52. The van der Waals surface area contributed by atoms with Gasteiger partial charge in [0.25, 0.3) is 5.91 Å². The van der Waals surface area contributed by atoms with Gasteiger partial charge >= 0.3 is 0 Å². The van der Waals surface area contributed by atoms with E-state index in [1.54, 1.807) is 24.3 Å². The first-order chi connectivity index (χ1) is 8.15. The van der Waals surface area contributed by atoms with E-state index in [0.717, 1.165) is 11.3 Å². The normalized spacial score (nSPS) is 18.9. The topological polar surface area (TPSA) is 58.2 Å². The van der Waals surface area contributed by atoms with Gasteiger partial charge in [-0.25, -0.2) is 0 Å². The van der Waals surface area contributed by atoms with Crippen molar-refractivity contribution >= 4 is 24.4 Å². The molecule has 0 aromatic heterocycles. The summed E-state index contributed by atoms with van der Waals surface area (Å²) in [5.74, 6) is -0.0665. The third-order valence-corrected chi connectivity index (χ3v) is 3.02. The van der Waals surface area contributed by atoms with Crippen molar-refractivity contribution in [1.82, 2.24) is 10.6 Å². The Hall–Kier alpha value is -1.49. The van der Waals surface area contributed by atoms with Crippen LogP contribution in [0.4, 0.5) is 0 Å². The Kier molecular flexibility index (Phi) is 3.68. The van der Waals surface area contributed by atoms with Crippen molar-refractivity contribution in [1.29, 1.82) is 0 Å². The van der Waals surface area contributed by atoms with Crippen molar-refractivity contribution in [2.75, 3.05) is 6.54 Å². The summed E-state index contributed by atoms with van der Waals surface area (Å²) in [4.78, 5) is 23.5. The maximum absolute atomic E-state index is 11.7. The summed E-state index contributed by atoms with van der Waals surface area (Å²) in [6, 6.07) is 7.07. The Bertz CT molecular complexity index is 431. The van der Waals surface area contributed by atoms with Gasteiger partial charge in [0, 0.05) is 29.5 Å². The lowest BCUT2D eigenvalue weighted by Gasteiger charge is -2.11. The number of nitrogens with one attached hydrogen (secondary N) is 2. The molecule has 1 aromatic rings. The van der Waals surface area contributed by atoms with Gasteiger partial charge in [-0.3, -0.25) is 9.59 Å². The fraction of sp³-hybridized carbons (Fsp3) is 0.333. The molecule has 1 aliphatic heterocycles. The van der Waals surface area contributed by atoms with Crippen LogP contribution in [0.25, 0.3) is 0 Å². The van der Waals surface area contributed by atoms with Crippen LogP contribution < -0.4 is 10.6 Å². The number of rotatable bonds is 3. The van der Waals surface area contributed by atoms with Crippen molar-refractivity contribution in [2.45, 2.75) is 23.8 Å². The van der Waals surface area contributed by atoms with E-state index in [2.05, 4.69) is 23.3 Å². The molecular weight excluding hydrogens is 236 g/mol. The molecule has 2 N–H and O–H groups in total. The Morgan fingerprint density at radius 3 is 2.71 bits per heavy atom. The van der Waals surface area contributed by atoms with Crippen LogP contribution >= 0.6 is 12.6 Å². The first-order valence-corrected chi connectivity index (χ1v) is 5.96. The van der Waals surface area contributed by atoms with Crippen LogP contribution in [0, 0.1) is 0 Å². The largest absolute Gasteiger partial charge is 0.352 e. The summed E-state index contributed by atoms with van der Waals surface area (Å²) in [5, 5.41) is 5.61. The minimum absolute atomic E-state index is 0.0590. The van der Waals surface area contributed by atoms with Gasteiger partial charge < -0.3 is 10.6 Å². The summed E-state index contributed by atoms with van der Waals surface area (Å²) < 4.78 is 0. The Morgan fingerprint density at radius 2 is 2.12 bits per heavy atom. The molecule has 1 heterocycles. The van der Waals surface area contributed by atoms with Gasteiger partial charge in [0.05, 0.1) is 0 Å². The molecule has 1 fully saturated rings. The van der Waals surface area contributed by atoms with E-state index in [9.17, 15) is 9.59 Å². The molecule has 1 saturated heterocycles. The molecule has 1 atom stereocenters. The zero-order chi connectivity index (χ0) is 12.3. The lowest BCUT2D eigenvalue weighted by atomic mass is 10.2. The van der Waals surface area contributed by atoms with Crippen LogP contribution in [0.3, 0.4) is 0 Å². The maximum atomic E-state index is 11.7. The number of amides is 2. The minimum Gasteiger partial charge on any atom is -0.352 e. The molecule has 0 saturated carbocycles. The van der Waals surface area contributed by atoms with Crippen molar-refractivity contribution in [2.24, 2.45) is 0 Å². The molecule has 1 aromatic carbocycles. The predicted molar refractivity (Wildman–Crippen MR) is 67.2 cm³/mol. The van der Waals surface area contributed by atoms with E-state index in [-0.39, 0.29) is 17.9 Å². The van der Waals surface area contributed by atoms with Crippen LogP contribution in [-0.4, -0.2) is 24.4 Å². The van der Waals surface area contributed by atoms with Crippen LogP contribution in [0.5, 0.6) is 0 Å². The van der Waals surface area contributed by atoms with E-state index in [4.69, 9.17) is 0 Å². The molecule has 1 aliphatic rings. The van der Waals surface area contributed by atoms with E-state index >= 15 is 0 Å². The zero-order valence-corrected chi connectivity index (χ0v) is 10.2. The molecule has 0 bridgehead atoms. The molecule has 2 rings (SSSR count). The van der Waals surface area contributed by atoms with Crippen molar-refractivity contribution in [3.8, 4) is 0 Å². The van der Waals surface area contributed by atoms with E-state index < -0.39 is 0 Å². The maximum Gasteiger partial charge on any atom is 0.251 e. The molecule has 90 valence electrons. The molecule has 0 radical (unpaired) electrons. The highest BCUT2D eigenvalue weighted by Gasteiger charge is 2.20. The number of carbonyl (C=O) groups is 2.